The molecule has 20 heavy (non-hydrogen) atoms. The van der Waals surface area contributed by atoms with Gasteiger partial charge in [0.05, 0.1) is 12.8 Å². The number of fused-ring (bicyclic) bond motifs is 1. The van der Waals surface area contributed by atoms with Crippen LogP contribution >= 0.6 is 0 Å². The number of benzene rings is 1. The third kappa shape index (κ3) is 2.39. The van der Waals surface area contributed by atoms with Crippen LogP contribution in [0.2, 0.25) is 0 Å². The van der Waals surface area contributed by atoms with Gasteiger partial charge in [-0.05, 0) is 18.6 Å². The van der Waals surface area contributed by atoms with Gasteiger partial charge in [0.15, 0.2) is 5.82 Å². The fraction of sp³-hybridized carbons (Fsp3) is 0.375. The first-order valence-electron chi connectivity index (χ1n) is 7.05. The first-order chi connectivity index (χ1) is 9.81. The van der Waals surface area contributed by atoms with Gasteiger partial charge >= 0.3 is 0 Å². The number of rotatable bonds is 4. The van der Waals surface area contributed by atoms with Gasteiger partial charge in [-0.25, -0.2) is 9.97 Å². The lowest BCUT2D eigenvalue weighted by Gasteiger charge is -2.09. The maximum Gasteiger partial charge on any atom is 0.159 e. The van der Waals surface area contributed by atoms with Crippen LogP contribution < -0.4 is 10.1 Å². The van der Waals surface area contributed by atoms with Gasteiger partial charge in [0, 0.05) is 29.9 Å². The van der Waals surface area contributed by atoms with Crippen LogP contribution in [0.5, 0.6) is 5.75 Å². The molecule has 2 aromatic rings. The van der Waals surface area contributed by atoms with E-state index in [1.165, 1.54) is 11.3 Å². The summed E-state index contributed by atoms with van der Waals surface area (Å²) in [6.45, 7) is 3.91. The van der Waals surface area contributed by atoms with E-state index in [4.69, 9.17) is 14.7 Å². The minimum absolute atomic E-state index is 0.801. The van der Waals surface area contributed by atoms with Crippen LogP contribution in [-0.2, 0) is 19.5 Å². The van der Waals surface area contributed by atoms with Crippen LogP contribution in [0, 0.1) is 0 Å². The molecule has 1 aliphatic rings. The number of methoxy groups -OCH3 is 1. The average molecular weight is 269 g/mol. The van der Waals surface area contributed by atoms with Crippen LogP contribution in [0.3, 0.4) is 0 Å². The van der Waals surface area contributed by atoms with E-state index in [9.17, 15) is 0 Å². The summed E-state index contributed by atoms with van der Waals surface area (Å²) in [6, 6.07) is 7.93. The molecule has 0 aliphatic carbocycles. The van der Waals surface area contributed by atoms with Crippen LogP contribution in [-0.4, -0.2) is 17.1 Å². The van der Waals surface area contributed by atoms with E-state index < -0.39 is 0 Å². The van der Waals surface area contributed by atoms with Crippen molar-refractivity contribution in [2.24, 2.45) is 0 Å². The number of ether oxygens (including phenoxy) is 1. The number of hydrogen-bond donors (Lipinski definition) is 1. The quantitative estimate of drug-likeness (QED) is 0.927. The number of hydrogen-bond acceptors (Lipinski definition) is 4. The monoisotopic (exact) mass is 269 g/mol. The summed E-state index contributed by atoms with van der Waals surface area (Å²) in [7, 11) is 1.68. The molecule has 0 spiro atoms. The Morgan fingerprint density at radius 2 is 2.15 bits per heavy atom. The van der Waals surface area contributed by atoms with Gasteiger partial charge in [0.25, 0.3) is 0 Å². The van der Waals surface area contributed by atoms with E-state index >= 15 is 0 Å². The second kappa shape index (κ2) is 5.59. The van der Waals surface area contributed by atoms with E-state index in [-0.39, 0.29) is 0 Å². The van der Waals surface area contributed by atoms with Crippen LogP contribution in [0.4, 0.5) is 0 Å². The molecule has 1 N–H and O–H groups in total. The van der Waals surface area contributed by atoms with Crippen molar-refractivity contribution >= 4 is 0 Å². The van der Waals surface area contributed by atoms with Gasteiger partial charge in [0.1, 0.15) is 5.75 Å². The van der Waals surface area contributed by atoms with Crippen molar-refractivity contribution in [1.82, 2.24) is 15.3 Å². The summed E-state index contributed by atoms with van der Waals surface area (Å²) < 4.78 is 5.28. The molecule has 1 aliphatic heterocycles. The van der Waals surface area contributed by atoms with E-state index in [0.29, 0.717) is 0 Å². The molecule has 1 aromatic heterocycles. The molecule has 0 unspecified atom stereocenters. The molecule has 0 atom stereocenters. The summed E-state index contributed by atoms with van der Waals surface area (Å²) >= 11 is 0. The van der Waals surface area contributed by atoms with E-state index in [2.05, 4.69) is 12.2 Å². The highest BCUT2D eigenvalue weighted by Crippen LogP contribution is 2.25. The molecule has 2 heterocycles. The topological polar surface area (TPSA) is 47.0 Å². The molecule has 0 amide bonds. The van der Waals surface area contributed by atoms with E-state index in [1.54, 1.807) is 7.11 Å². The van der Waals surface area contributed by atoms with Crippen molar-refractivity contribution in [3.63, 3.8) is 0 Å². The summed E-state index contributed by atoms with van der Waals surface area (Å²) in [5, 5.41) is 3.36. The average Bonchev–Trinajstić information content (AvgIpc) is 2.96. The van der Waals surface area contributed by atoms with Crippen molar-refractivity contribution in [1.29, 1.82) is 0 Å². The normalized spacial score (nSPS) is 13.3. The van der Waals surface area contributed by atoms with Gasteiger partial charge in [-0.15, -0.1) is 0 Å². The third-order valence-corrected chi connectivity index (χ3v) is 3.59. The summed E-state index contributed by atoms with van der Waals surface area (Å²) in [4.78, 5) is 9.49. The van der Waals surface area contributed by atoms with Crippen molar-refractivity contribution in [2.75, 3.05) is 7.11 Å². The Bertz CT molecular complexity index is 625. The molecule has 4 nitrogen and oxygen atoms in total. The van der Waals surface area contributed by atoms with Gasteiger partial charge in [-0.3, -0.25) is 0 Å². The molecule has 0 fully saturated rings. The molecule has 0 saturated carbocycles. The SMILES string of the molecule is CCCc1nc(-c2cccc(OC)c2)nc2c1CNC2. The highest BCUT2D eigenvalue weighted by molar-refractivity contribution is 5.58. The number of nitrogens with zero attached hydrogens (tertiary/aromatic N) is 2. The fourth-order valence-electron chi connectivity index (χ4n) is 2.57. The zero-order chi connectivity index (χ0) is 13.9. The highest BCUT2D eigenvalue weighted by Gasteiger charge is 2.19. The van der Waals surface area contributed by atoms with Gasteiger partial charge in [0.2, 0.25) is 0 Å². The zero-order valence-corrected chi connectivity index (χ0v) is 11.9. The molecular formula is C16H19N3O. The Morgan fingerprint density at radius 1 is 1.25 bits per heavy atom. The predicted molar refractivity (Wildman–Crippen MR) is 78.6 cm³/mol. The fourth-order valence-corrected chi connectivity index (χ4v) is 2.57. The smallest absolute Gasteiger partial charge is 0.159 e. The molecule has 0 saturated heterocycles. The largest absolute Gasteiger partial charge is 0.497 e. The van der Waals surface area contributed by atoms with Crippen LogP contribution in [0.25, 0.3) is 11.4 Å². The minimum Gasteiger partial charge on any atom is -0.497 e. The van der Waals surface area contributed by atoms with Gasteiger partial charge in [-0.2, -0.15) is 0 Å². The van der Waals surface area contributed by atoms with E-state index in [1.807, 2.05) is 24.3 Å². The molecule has 0 radical (unpaired) electrons. The minimum atomic E-state index is 0.801. The highest BCUT2D eigenvalue weighted by atomic mass is 16.5. The van der Waals surface area contributed by atoms with Crippen molar-refractivity contribution in [3.8, 4) is 17.1 Å². The second-order valence-corrected chi connectivity index (χ2v) is 5.00. The Labute approximate surface area is 119 Å². The Balaban J connectivity index is 2.07. The molecule has 104 valence electrons. The molecular weight excluding hydrogens is 250 g/mol. The van der Waals surface area contributed by atoms with Crippen molar-refractivity contribution in [3.05, 3.63) is 41.2 Å². The van der Waals surface area contributed by atoms with Gasteiger partial charge < -0.3 is 10.1 Å². The van der Waals surface area contributed by atoms with E-state index in [0.717, 1.165) is 48.8 Å². The first kappa shape index (κ1) is 13.1. The lowest BCUT2D eigenvalue weighted by molar-refractivity contribution is 0.415. The summed E-state index contributed by atoms with van der Waals surface area (Å²) in [5.74, 6) is 1.64. The third-order valence-electron chi connectivity index (χ3n) is 3.59. The number of nitrogens with one attached hydrogen (secondary N) is 1. The Morgan fingerprint density at radius 3 is 2.95 bits per heavy atom. The lowest BCUT2D eigenvalue weighted by Crippen LogP contribution is -2.03. The van der Waals surface area contributed by atoms with Gasteiger partial charge in [-0.1, -0.05) is 25.5 Å². The van der Waals surface area contributed by atoms with Crippen molar-refractivity contribution in [2.45, 2.75) is 32.9 Å². The summed E-state index contributed by atoms with van der Waals surface area (Å²) in [6.07, 6.45) is 2.10. The standard InChI is InChI=1S/C16H19N3O/c1-3-5-14-13-9-17-10-15(13)19-16(18-14)11-6-4-7-12(8-11)20-2/h4,6-8,17H,3,5,9-10H2,1-2H3. The van der Waals surface area contributed by atoms with Crippen LogP contribution in [0.15, 0.2) is 24.3 Å². The number of aromatic nitrogens is 2. The maximum atomic E-state index is 5.28. The maximum absolute atomic E-state index is 5.28. The summed E-state index contributed by atoms with van der Waals surface area (Å²) in [5.41, 5.74) is 4.62. The van der Waals surface area contributed by atoms with Crippen molar-refractivity contribution < 1.29 is 4.74 Å². The molecule has 1 aromatic carbocycles. The second-order valence-electron chi connectivity index (χ2n) is 5.00. The Kier molecular flexibility index (Phi) is 3.65. The first-order valence-corrected chi connectivity index (χ1v) is 7.05. The molecule has 4 heteroatoms. The predicted octanol–water partition coefficient (Wildman–Crippen LogP) is 2.71. The Hall–Kier alpha value is -1.94. The van der Waals surface area contributed by atoms with Crippen LogP contribution in [0.1, 0.15) is 30.3 Å². The lowest BCUT2D eigenvalue weighted by atomic mass is 10.1. The molecule has 3 rings (SSSR count). The molecule has 0 bridgehead atoms. The number of aryl methyl sites for hydroxylation is 1. The zero-order valence-electron chi connectivity index (χ0n) is 11.9.